The van der Waals surface area contributed by atoms with Gasteiger partial charge in [-0.1, -0.05) is 35.9 Å². The van der Waals surface area contributed by atoms with Gasteiger partial charge in [0.05, 0.1) is 9.95 Å². The number of para-hydroxylation sites is 1. The van der Waals surface area contributed by atoms with Crippen molar-refractivity contribution < 1.29 is 19.6 Å². The molecular formula is C14H10ClNO5. The molecule has 0 saturated carbocycles. The fraction of sp³-hybridized carbons (Fsp3) is 0.0714. The molecule has 0 spiro atoms. The standard InChI is InChI=1S/C14H10ClNO5/c15-10-5-1-2-7-12(10)21-8-9-4-3-6-11(16(19)20)13(9)14(17)18/h1-7H,8H2,(H,17,18). The highest BCUT2D eigenvalue weighted by Gasteiger charge is 2.23. The maximum Gasteiger partial charge on any atom is 0.343 e. The van der Waals surface area contributed by atoms with Gasteiger partial charge in [0.25, 0.3) is 5.69 Å². The van der Waals surface area contributed by atoms with Crippen LogP contribution in [0.5, 0.6) is 5.75 Å². The summed E-state index contributed by atoms with van der Waals surface area (Å²) in [6.07, 6.45) is 0. The molecule has 2 aromatic carbocycles. The summed E-state index contributed by atoms with van der Waals surface area (Å²) < 4.78 is 5.43. The predicted molar refractivity (Wildman–Crippen MR) is 75.8 cm³/mol. The van der Waals surface area contributed by atoms with E-state index in [1.54, 1.807) is 24.3 Å². The molecule has 0 amide bonds. The Balaban J connectivity index is 2.32. The summed E-state index contributed by atoms with van der Waals surface area (Å²) >= 11 is 5.92. The summed E-state index contributed by atoms with van der Waals surface area (Å²) in [7, 11) is 0. The predicted octanol–water partition coefficient (Wildman–Crippen LogP) is 3.53. The number of hydrogen-bond donors (Lipinski definition) is 1. The number of carboxylic acids is 1. The van der Waals surface area contributed by atoms with Crippen LogP contribution in [-0.4, -0.2) is 16.0 Å². The SMILES string of the molecule is O=C(O)c1c(COc2ccccc2Cl)cccc1[N+](=O)[O-]. The molecule has 0 unspecified atom stereocenters. The minimum absolute atomic E-state index is 0.132. The van der Waals surface area contributed by atoms with E-state index in [0.29, 0.717) is 10.8 Å². The van der Waals surface area contributed by atoms with Gasteiger partial charge in [-0.2, -0.15) is 0 Å². The third-order valence-corrected chi connectivity index (χ3v) is 3.07. The molecule has 0 heterocycles. The Hall–Kier alpha value is -2.60. The largest absolute Gasteiger partial charge is 0.487 e. The first-order valence-electron chi connectivity index (χ1n) is 5.87. The Kier molecular flexibility index (Phi) is 4.39. The Morgan fingerprint density at radius 2 is 1.95 bits per heavy atom. The summed E-state index contributed by atoms with van der Waals surface area (Å²) in [5, 5.41) is 20.4. The summed E-state index contributed by atoms with van der Waals surface area (Å²) in [4.78, 5) is 21.4. The normalized spacial score (nSPS) is 10.1. The summed E-state index contributed by atoms with van der Waals surface area (Å²) in [6, 6.07) is 10.7. The van der Waals surface area contributed by atoms with E-state index in [2.05, 4.69) is 0 Å². The number of benzene rings is 2. The summed E-state index contributed by atoms with van der Waals surface area (Å²) in [6.45, 7) is -0.132. The molecule has 2 rings (SSSR count). The molecule has 0 aromatic heterocycles. The Bertz CT molecular complexity index is 702. The van der Waals surface area contributed by atoms with Gasteiger partial charge in [0.2, 0.25) is 0 Å². The molecule has 6 nitrogen and oxygen atoms in total. The van der Waals surface area contributed by atoms with Crippen molar-refractivity contribution in [3.05, 3.63) is 68.7 Å². The number of ether oxygens (including phenoxy) is 1. The molecule has 0 atom stereocenters. The first kappa shape index (κ1) is 14.8. The van der Waals surface area contributed by atoms with Crippen LogP contribution in [0.15, 0.2) is 42.5 Å². The highest BCUT2D eigenvalue weighted by atomic mass is 35.5. The van der Waals surface area contributed by atoms with Crippen LogP contribution in [0.2, 0.25) is 5.02 Å². The molecule has 21 heavy (non-hydrogen) atoms. The van der Waals surface area contributed by atoms with E-state index in [-0.39, 0.29) is 17.7 Å². The van der Waals surface area contributed by atoms with E-state index >= 15 is 0 Å². The quantitative estimate of drug-likeness (QED) is 0.674. The third-order valence-electron chi connectivity index (χ3n) is 2.76. The van der Waals surface area contributed by atoms with Crippen LogP contribution in [0.25, 0.3) is 0 Å². The van der Waals surface area contributed by atoms with E-state index in [0.717, 1.165) is 6.07 Å². The fourth-order valence-electron chi connectivity index (χ4n) is 1.82. The average molecular weight is 308 g/mol. The van der Waals surface area contributed by atoms with Crippen molar-refractivity contribution in [3.63, 3.8) is 0 Å². The molecule has 0 aliphatic rings. The molecule has 0 aliphatic carbocycles. The summed E-state index contributed by atoms with van der Waals surface area (Å²) in [5.74, 6) is -0.998. The van der Waals surface area contributed by atoms with Crippen molar-refractivity contribution in [3.8, 4) is 5.75 Å². The van der Waals surface area contributed by atoms with E-state index in [9.17, 15) is 14.9 Å². The van der Waals surface area contributed by atoms with E-state index in [4.69, 9.17) is 21.4 Å². The molecule has 0 radical (unpaired) electrons. The number of nitrogens with zero attached hydrogens (tertiary/aromatic N) is 1. The monoisotopic (exact) mass is 307 g/mol. The number of carboxylic acid groups (broad SMARTS) is 1. The maximum atomic E-state index is 11.2. The lowest BCUT2D eigenvalue weighted by molar-refractivity contribution is -0.385. The number of aromatic carboxylic acids is 1. The van der Waals surface area contributed by atoms with E-state index in [1.807, 2.05) is 0 Å². The third kappa shape index (κ3) is 3.29. The number of halogens is 1. The number of hydrogen-bond acceptors (Lipinski definition) is 4. The number of rotatable bonds is 5. The zero-order valence-corrected chi connectivity index (χ0v) is 11.4. The van der Waals surface area contributed by atoms with Crippen molar-refractivity contribution in [2.45, 2.75) is 6.61 Å². The second-order valence-electron chi connectivity index (χ2n) is 4.09. The molecule has 0 bridgehead atoms. The van der Waals surface area contributed by atoms with Gasteiger partial charge in [0, 0.05) is 11.6 Å². The lowest BCUT2D eigenvalue weighted by Crippen LogP contribution is -2.09. The van der Waals surface area contributed by atoms with Crippen LogP contribution in [-0.2, 0) is 6.61 Å². The van der Waals surface area contributed by atoms with Gasteiger partial charge >= 0.3 is 5.97 Å². The van der Waals surface area contributed by atoms with Crippen molar-refractivity contribution >= 4 is 23.3 Å². The zero-order chi connectivity index (χ0) is 15.4. The van der Waals surface area contributed by atoms with E-state index in [1.165, 1.54) is 12.1 Å². The molecule has 0 aliphatic heterocycles. The van der Waals surface area contributed by atoms with E-state index < -0.39 is 16.6 Å². The topological polar surface area (TPSA) is 89.7 Å². The minimum atomic E-state index is -1.37. The van der Waals surface area contributed by atoms with Gasteiger partial charge in [-0.3, -0.25) is 10.1 Å². The highest BCUT2D eigenvalue weighted by molar-refractivity contribution is 6.32. The zero-order valence-electron chi connectivity index (χ0n) is 10.7. The van der Waals surface area contributed by atoms with Crippen LogP contribution in [0, 0.1) is 10.1 Å². The smallest absolute Gasteiger partial charge is 0.343 e. The van der Waals surface area contributed by atoms with Crippen LogP contribution in [0.3, 0.4) is 0 Å². The molecule has 0 saturated heterocycles. The lowest BCUT2D eigenvalue weighted by Gasteiger charge is -2.10. The lowest BCUT2D eigenvalue weighted by atomic mass is 10.1. The second-order valence-corrected chi connectivity index (χ2v) is 4.50. The van der Waals surface area contributed by atoms with Gasteiger partial charge < -0.3 is 9.84 Å². The second kappa shape index (κ2) is 6.23. The van der Waals surface area contributed by atoms with Crippen molar-refractivity contribution in [2.24, 2.45) is 0 Å². The molecular weight excluding hydrogens is 298 g/mol. The van der Waals surface area contributed by atoms with Gasteiger partial charge in [-0.05, 0) is 12.1 Å². The minimum Gasteiger partial charge on any atom is -0.487 e. The Labute approximate surface area is 124 Å². The van der Waals surface area contributed by atoms with Crippen molar-refractivity contribution in [1.29, 1.82) is 0 Å². The van der Waals surface area contributed by atoms with Crippen molar-refractivity contribution in [1.82, 2.24) is 0 Å². The molecule has 1 N–H and O–H groups in total. The first-order valence-corrected chi connectivity index (χ1v) is 6.25. The maximum absolute atomic E-state index is 11.2. The molecule has 2 aromatic rings. The highest BCUT2D eigenvalue weighted by Crippen LogP contribution is 2.27. The first-order chi connectivity index (χ1) is 10.0. The molecule has 0 fully saturated rings. The van der Waals surface area contributed by atoms with Gasteiger partial charge in [-0.15, -0.1) is 0 Å². The Morgan fingerprint density at radius 3 is 2.57 bits per heavy atom. The number of nitro groups is 1. The van der Waals surface area contributed by atoms with Crippen LogP contribution >= 0.6 is 11.6 Å². The van der Waals surface area contributed by atoms with Crippen molar-refractivity contribution in [2.75, 3.05) is 0 Å². The van der Waals surface area contributed by atoms with Crippen LogP contribution in [0.4, 0.5) is 5.69 Å². The number of nitro benzene ring substituents is 1. The van der Waals surface area contributed by atoms with Gasteiger partial charge in [0.15, 0.2) is 0 Å². The fourth-order valence-corrected chi connectivity index (χ4v) is 2.01. The van der Waals surface area contributed by atoms with Gasteiger partial charge in [0.1, 0.15) is 17.9 Å². The van der Waals surface area contributed by atoms with Crippen LogP contribution in [0.1, 0.15) is 15.9 Å². The van der Waals surface area contributed by atoms with Crippen LogP contribution < -0.4 is 4.74 Å². The van der Waals surface area contributed by atoms with Gasteiger partial charge in [-0.25, -0.2) is 4.79 Å². The average Bonchev–Trinajstić information content (AvgIpc) is 2.45. The molecule has 108 valence electrons. The number of carbonyl (C=O) groups is 1. The molecule has 7 heteroatoms. The summed E-state index contributed by atoms with van der Waals surface area (Å²) in [5.41, 5.74) is -0.645. The Morgan fingerprint density at radius 1 is 1.24 bits per heavy atom.